The van der Waals surface area contributed by atoms with Crippen LogP contribution >= 0.6 is 35.2 Å². The lowest BCUT2D eigenvalue weighted by Gasteiger charge is -2.09. The van der Waals surface area contributed by atoms with Crippen LogP contribution in [0.4, 0.5) is 5.00 Å². The van der Waals surface area contributed by atoms with Crippen LogP contribution < -0.4 is 10.6 Å². The van der Waals surface area contributed by atoms with Crippen LogP contribution in [0.5, 0.6) is 0 Å². The number of hydrogen-bond acceptors (Lipinski definition) is 4. The molecule has 1 aromatic heterocycles. The van der Waals surface area contributed by atoms with Crippen molar-refractivity contribution < 1.29 is 4.79 Å². The molecule has 0 unspecified atom stereocenters. The molecule has 7 heteroatoms. The van der Waals surface area contributed by atoms with E-state index >= 15 is 0 Å². The first kappa shape index (κ1) is 15.9. The van der Waals surface area contributed by atoms with Crippen molar-refractivity contribution in [3.05, 3.63) is 50.9 Å². The normalized spacial score (nSPS) is 12.3. The van der Waals surface area contributed by atoms with Crippen LogP contribution in [-0.2, 0) is 12.8 Å². The number of thiocarbonyl (C=S) groups is 1. The van der Waals surface area contributed by atoms with Crippen molar-refractivity contribution in [1.82, 2.24) is 5.32 Å². The molecule has 116 valence electrons. The SMILES string of the molecule is N#Cc1c(NC(=S)NC(=O)c2ccc(Cl)cc2)sc2c1CCC2. The Morgan fingerprint density at radius 2 is 2.04 bits per heavy atom. The molecule has 1 aliphatic rings. The molecular weight excluding hydrogens is 350 g/mol. The second-order valence-corrected chi connectivity index (χ2v) is 7.04. The number of anilines is 1. The molecule has 0 bridgehead atoms. The lowest BCUT2D eigenvalue weighted by Crippen LogP contribution is -2.34. The van der Waals surface area contributed by atoms with Crippen LogP contribution in [0.2, 0.25) is 5.02 Å². The van der Waals surface area contributed by atoms with Crippen molar-refractivity contribution in [2.24, 2.45) is 0 Å². The number of rotatable bonds is 2. The van der Waals surface area contributed by atoms with E-state index in [1.807, 2.05) is 0 Å². The van der Waals surface area contributed by atoms with Crippen LogP contribution in [0.3, 0.4) is 0 Å². The molecule has 1 heterocycles. The first-order chi connectivity index (χ1) is 11.1. The van der Waals surface area contributed by atoms with Gasteiger partial charge in [0, 0.05) is 15.5 Å². The van der Waals surface area contributed by atoms with Gasteiger partial charge in [0.15, 0.2) is 5.11 Å². The molecule has 1 aliphatic carbocycles. The first-order valence-corrected chi connectivity index (χ1v) is 8.61. The third-order valence-corrected chi connectivity index (χ3v) is 5.26. The summed E-state index contributed by atoms with van der Waals surface area (Å²) in [4.78, 5) is 13.3. The summed E-state index contributed by atoms with van der Waals surface area (Å²) in [5, 5.41) is 16.4. The van der Waals surface area contributed by atoms with E-state index in [1.165, 1.54) is 16.2 Å². The summed E-state index contributed by atoms with van der Waals surface area (Å²) in [7, 11) is 0. The number of halogens is 1. The Kier molecular flexibility index (Phi) is 4.62. The number of hydrogen-bond donors (Lipinski definition) is 2. The molecule has 1 aromatic carbocycles. The van der Waals surface area contributed by atoms with Gasteiger partial charge >= 0.3 is 0 Å². The molecule has 0 radical (unpaired) electrons. The van der Waals surface area contributed by atoms with E-state index in [4.69, 9.17) is 23.8 Å². The van der Waals surface area contributed by atoms with Gasteiger partial charge < -0.3 is 5.32 Å². The molecule has 0 aliphatic heterocycles. The molecule has 0 atom stereocenters. The van der Waals surface area contributed by atoms with Crippen molar-refractivity contribution in [3.63, 3.8) is 0 Å². The Morgan fingerprint density at radius 1 is 1.30 bits per heavy atom. The molecule has 3 rings (SSSR count). The van der Waals surface area contributed by atoms with Gasteiger partial charge in [0.25, 0.3) is 5.91 Å². The van der Waals surface area contributed by atoms with Crippen LogP contribution in [0.25, 0.3) is 0 Å². The number of amides is 1. The minimum absolute atomic E-state index is 0.182. The monoisotopic (exact) mass is 361 g/mol. The van der Waals surface area contributed by atoms with Gasteiger partial charge in [-0.3, -0.25) is 10.1 Å². The molecule has 0 saturated carbocycles. The number of nitrogens with one attached hydrogen (secondary N) is 2. The number of aryl methyl sites for hydroxylation is 1. The minimum Gasteiger partial charge on any atom is -0.323 e. The number of fused-ring (bicyclic) bond motifs is 1. The minimum atomic E-state index is -0.318. The van der Waals surface area contributed by atoms with Gasteiger partial charge in [0.05, 0.1) is 5.56 Å². The lowest BCUT2D eigenvalue weighted by molar-refractivity contribution is 0.0978. The zero-order chi connectivity index (χ0) is 16.4. The first-order valence-electron chi connectivity index (χ1n) is 7.01. The summed E-state index contributed by atoms with van der Waals surface area (Å²) in [5.41, 5.74) is 2.23. The predicted molar refractivity (Wildman–Crippen MR) is 96.2 cm³/mol. The summed E-state index contributed by atoms with van der Waals surface area (Å²) in [6, 6.07) is 8.77. The van der Waals surface area contributed by atoms with Crippen LogP contribution in [0.1, 0.15) is 32.8 Å². The number of thiophene rings is 1. The van der Waals surface area contributed by atoms with Gasteiger partial charge in [-0.05, 0) is 61.3 Å². The zero-order valence-electron chi connectivity index (χ0n) is 12.0. The average molecular weight is 362 g/mol. The van der Waals surface area contributed by atoms with E-state index in [1.54, 1.807) is 24.3 Å². The molecule has 0 spiro atoms. The third kappa shape index (κ3) is 3.37. The highest BCUT2D eigenvalue weighted by Gasteiger charge is 2.22. The smallest absolute Gasteiger partial charge is 0.257 e. The lowest BCUT2D eigenvalue weighted by atomic mass is 10.1. The Morgan fingerprint density at radius 3 is 2.74 bits per heavy atom. The van der Waals surface area contributed by atoms with Crippen molar-refractivity contribution in [2.45, 2.75) is 19.3 Å². The topological polar surface area (TPSA) is 64.9 Å². The Hall–Kier alpha value is -1.94. The van der Waals surface area contributed by atoms with Crippen LogP contribution in [0.15, 0.2) is 24.3 Å². The predicted octanol–water partition coefficient (Wildman–Crippen LogP) is 3.89. The van der Waals surface area contributed by atoms with E-state index in [2.05, 4.69) is 16.7 Å². The molecule has 0 fully saturated rings. The van der Waals surface area contributed by atoms with E-state index in [9.17, 15) is 10.1 Å². The van der Waals surface area contributed by atoms with Crippen molar-refractivity contribution in [2.75, 3.05) is 5.32 Å². The van der Waals surface area contributed by atoms with Gasteiger partial charge in [-0.2, -0.15) is 5.26 Å². The fourth-order valence-corrected chi connectivity index (χ4v) is 4.15. The summed E-state index contributed by atoms with van der Waals surface area (Å²) in [6.45, 7) is 0. The second kappa shape index (κ2) is 6.67. The number of benzene rings is 1. The Bertz CT molecular complexity index is 821. The quantitative estimate of drug-likeness (QED) is 0.796. The van der Waals surface area contributed by atoms with E-state index in [0.717, 1.165) is 24.8 Å². The number of carbonyl (C=O) groups excluding carboxylic acids is 1. The van der Waals surface area contributed by atoms with Gasteiger partial charge in [0.1, 0.15) is 11.1 Å². The summed E-state index contributed by atoms with van der Waals surface area (Å²) >= 11 is 12.5. The van der Waals surface area contributed by atoms with Crippen molar-refractivity contribution in [3.8, 4) is 6.07 Å². The highest BCUT2D eigenvalue weighted by molar-refractivity contribution is 7.80. The zero-order valence-corrected chi connectivity index (χ0v) is 14.4. The third-order valence-electron chi connectivity index (χ3n) is 3.59. The van der Waals surface area contributed by atoms with Crippen LogP contribution in [0, 0.1) is 11.3 Å². The maximum atomic E-state index is 12.1. The van der Waals surface area contributed by atoms with E-state index in [0.29, 0.717) is 21.2 Å². The van der Waals surface area contributed by atoms with Crippen molar-refractivity contribution >= 4 is 51.2 Å². The highest BCUT2D eigenvalue weighted by Crippen LogP contribution is 2.38. The molecular formula is C16H12ClN3OS2. The molecule has 0 saturated heterocycles. The summed E-state index contributed by atoms with van der Waals surface area (Å²) in [6.07, 6.45) is 3.02. The van der Waals surface area contributed by atoms with Gasteiger partial charge in [-0.15, -0.1) is 11.3 Å². The molecule has 1 amide bonds. The summed E-state index contributed by atoms with van der Waals surface area (Å²) < 4.78 is 0. The van der Waals surface area contributed by atoms with E-state index in [-0.39, 0.29) is 11.0 Å². The summed E-state index contributed by atoms with van der Waals surface area (Å²) in [5.74, 6) is -0.318. The van der Waals surface area contributed by atoms with Crippen molar-refractivity contribution in [1.29, 1.82) is 5.26 Å². The second-order valence-electron chi connectivity index (χ2n) is 5.09. The molecule has 23 heavy (non-hydrogen) atoms. The van der Waals surface area contributed by atoms with Gasteiger partial charge in [0.2, 0.25) is 0 Å². The van der Waals surface area contributed by atoms with Crippen LogP contribution in [-0.4, -0.2) is 11.0 Å². The van der Waals surface area contributed by atoms with Gasteiger partial charge in [-0.1, -0.05) is 11.6 Å². The standard InChI is InChI=1S/C16H12ClN3OS2/c17-10-6-4-9(5-7-10)14(21)19-16(22)20-15-12(8-18)11-2-1-3-13(11)23-15/h4-7H,1-3H2,(H2,19,20,21,22). The van der Waals surface area contributed by atoms with Gasteiger partial charge in [-0.25, -0.2) is 0 Å². The fourth-order valence-electron chi connectivity index (χ4n) is 2.52. The highest BCUT2D eigenvalue weighted by atomic mass is 35.5. The molecule has 2 N–H and O–H groups in total. The molecule has 4 nitrogen and oxygen atoms in total. The Labute approximate surface area is 148 Å². The Balaban J connectivity index is 1.69. The maximum Gasteiger partial charge on any atom is 0.257 e. The largest absolute Gasteiger partial charge is 0.323 e. The maximum absolute atomic E-state index is 12.1. The molecule has 2 aromatic rings. The number of nitrogens with zero attached hydrogens (tertiary/aromatic N) is 1. The fraction of sp³-hybridized carbons (Fsp3) is 0.188. The van der Waals surface area contributed by atoms with E-state index < -0.39 is 0 Å². The number of nitriles is 1. The number of carbonyl (C=O) groups is 1. The average Bonchev–Trinajstić information content (AvgIpc) is 3.08.